The molecule has 0 aliphatic heterocycles. The Kier molecular flexibility index (Phi) is 5.39. The molecule has 1 aliphatic rings. The Labute approximate surface area is 128 Å². The predicted molar refractivity (Wildman–Crippen MR) is 81.3 cm³/mol. The Bertz CT molecular complexity index is 581. The van der Waals surface area contributed by atoms with Gasteiger partial charge in [-0.25, -0.2) is 4.79 Å². The summed E-state index contributed by atoms with van der Waals surface area (Å²) in [4.78, 5) is 23.3. The highest BCUT2D eigenvalue weighted by molar-refractivity contribution is 6.30. The molecule has 0 saturated heterocycles. The first-order valence-electron chi connectivity index (χ1n) is 7.06. The molecule has 0 saturated carbocycles. The van der Waals surface area contributed by atoms with Crippen molar-refractivity contribution in [3.63, 3.8) is 0 Å². The maximum Gasteiger partial charge on any atom is 0.332 e. The van der Waals surface area contributed by atoms with E-state index in [4.69, 9.17) is 16.7 Å². The molecule has 0 bridgehead atoms. The third-order valence-corrected chi connectivity index (χ3v) is 3.82. The van der Waals surface area contributed by atoms with Gasteiger partial charge in [-0.2, -0.15) is 0 Å². The number of benzene rings is 1. The summed E-state index contributed by atoms with van der Waals surface area (Å²) in [5.41, 5.74) is 1.74. The summed E-state index contributed by atoms with van der Waals surface area (Å²) in [6, 6.07) is 7.47. The van der Waals surface area contributed by atoms with Gasteiger partial charge in [0.2, 0.25) is 5.91 Å². The first-order valence-corrected chi connectivity index (χ1v) is 7.43. The quantitative estimate of drug-likeness (QED) is 0.879. The Balaban J connectivity index is 1.93. The zero-order chi connectivity index (χ0) is 15.2. The molecule has 1 aliphatic carbocycles. The van der Waals surface area contributed by atoms with E-state index in [0.29, 0.717) is 36.4 Å². The molecular formula is C16H18ClNO3. The van der Waals surface area contributed by atoms with Gasteiger partial charge in [0.05, 0.1) is 0 Å². The van der Waals surface area contributed by atoms with E-state index in [2.05, 4.69) is 5.32 Å². The first kappa shape index (κ1) is 15.6. The van der Waals surface area contributed by atoms with Gasteiger partial charge in [-0.15, -0.1) is 0 Å². The number of carbonyl (C=O) groups is 2. The lowest BCUT2D eigenvalue weighted by Gasteiger charge is -2.17. The number of hydrogen-bond donors (Lipinski definition) is 2. The van der Waals surface area contributed by atoms with Crippen molar-refractivity contribution in [2.24, 2.45) is 0 Å². The van der Waals surface area contributed by atoms with Crippen LogP contribution in [0.1, 0.15) is 31.2 Å². The summed E-state index contributed by atoms with van der Waals surface area (Å²) >= 11 is 5.90. The lowest BCUT2D eigenvalue weighted by atomic mass is 9.91. The van der Waals surface area contributed by atoms with Crippen LogP contribution in [0.5, 0.6) is 0 Å². The second-order valence-electron chi connectivity index (χ2n) is 5.11. The average Bonchev–Trinajstić information content (AvgIpc) is 2.47. The van der Waals surface area contributed by atoms with Crippen molar-refractivity contribution in [1.29, 1.82) is 0 Å². The Hall–Kier alpha value is -1.81. The molecule has 1 aromatic rings. The molecule has 0 heterocycles. The number of rotatable bonds is 5. The molecule has 0 unspecified atom stereocenters. The molecule has 0 radical (unpaired) electrons. The van der Waals surface area contributed by atoms with Crippen molar-refractivity contribution >= 4 is 23.5 Å². The molecule has 0 fully saturated rings. The van der Waals surface area contributed by atoms with Crippen molar-refractivity contribution in [1.82, 2.24) is 5.32 Å². The lowest BCUT2D eigenvalue weighted by Crippen LogP contribution is -2.30. The first-order chi connectivity index (χ1) is 10.1. The number of aliphatic carboxylic acids is 1. The average molecular weight is 308 g/mol. The number of halogens is 1. The SMILES string of the molecule is O=C(O)C1=C(C(=O)NCCc2cccc(Cl)c2)CCCC1. The van der Waals surface area contributed by atoms with Gasteiger partial charge in [-0.1, -0.05) is 23.7 Å². The Morgan fingerprint density at radius 1 is 1.19 bits per heavy atom. The molecule has 0 atom stereocenters. The number of carboxylic acid groups (broad SMARTS) is 1. The summed E-state index contributed by atoms with van der Waals surface area (Å²) in [5, 5.41) is 12.6. The summed E-state index contributed by atoms with van der Waals surface area (Å²) in [6.45, 7) is 0.468. The highest BCUT2D eigenvalue weighted by atomic mass is 35.5. The van der Waals surface area contributed by atoms with E-state index in [9.17, 15) is 9.59 Å². The number of hydrogen-bond acceptors (Lipinski definition) is 2. The summed E-state index contributed by atoms with van der Waals surface area (Å²) in [6.07, 6.45) is 3.40. The molecule has 4 nitrogen and oxygen atoms in total. The summed E-state index contributed by atoms with van der Waals surface area (Å²) in [7, 11) is 0. The second-order valence-corrected chi connectivity index (χ2v) is 5.54. The highest BCUT2D eigenvalue weighted by Crippen LogP contribution is 2.25. The van der Waals surface area contributed by atoms with E-state index in [0.717, 1.165) is 18.4 Å². The van der Waals surface area contributed by atoms with Gasteiger partial charge < -0.3 is 10.4 Å². The third kappa shape index (κ3) is 4.33. The van der Waals surface area contributed by atoms with Gasteiger partial charge in [0.1, 0.15) is 0 Å². The highest BCUT2D eigenvalue weighted by Gasteiger charge is 2.23. The fourth-order valence-corrected chi connectivity index (χ4v) is 2.72. The van der Waals surface area contributed by atoms with E-state index in [-0.39, 0.29) is 11.5 Å². The molecule has 1 amide bonds. The number of carboxylic acids is 1. The van der Waals surface area contributed by atoms with E-state index in [1.54, 1.807) is 6.07 Å². The minimum absolute atomic E-state index is 0.255. The van der Waals surface area contributed by atoms with E-state index < -0.39 is 5.97 Å². The van der Waals surface area contributed by atoms with Crippen LogP contribution in [-0.2, 0) is 16.0 Å². The molecular weight excluding hydrogens is 290 g/mol. The van der Waals surface area contributed by atoms with Crippen molar-refractivity contribution in [3.8, 4) is 0 Å². The number of amides is 1. The number of carbonyl (C=O) groups excluding carboxylic acids is 1. The Morgan fingerprint density at radius 3 is 2.57 bits per heavy atom. The van der Waals surface area contributed by atoms with Crippen LogP contribution in [0.2, 0.25) is 5.02 Å². The largest absolute Gasteiger partial charge is 0.478 e. The molecule has 2 N–H and O–H groups in total. The van der Waals surface area contributed by atoms with Gasteiger partial charge in [0.25, 0.3) is 0 Å². The van der Waals surface area contributed by atoms with Crippen LogP contribution >= 0.6 is 11.6 Å². The van der Waals surface area contributed by atoms with E-state index >= 15 is 0 Å². The molecule has 0 aromatic heterocycles. The monoisotopic (exact) mass is 307 g/mol. The van der Waals surface area contributed by atoms with Crippen LogP contribution in [0.25, 0.3) is 0 Å². The van der Waals surface area contributed by atoms with Crippen molar-refractivity contribution in [2.45, 2.75) is 32.1 Å². The normalized spacial score (nSPS) is 14.9. The second kappa shape index (κ2) is 7.27. The van der Waals surface area contributed by atoms with Crippen molar-refractivity contribution in [3.05, 3.63) is 46.0 Å². The summed E-state index contributed by atoms with van der Waals surface area (Å²) in [5.74, 6) is -1.23. The van der Waals surface area contributed by atoms with Crippen molar-refractivity contribution in [2.75, 3.05) is 6.54 Å². The predicted octanol–water partition coefficient (Wildman–Crippen LogP) is 2.95. The van der Waals surface area contributed by atoms with Crippen LogP contribution in [0.15, 0.2) is 35.4 Å². The molecule has 21 heavy (non-hydrogen) atoms. The van der Waals surface area contributed by atoms with Gasteiger partial charge in [-0.3, -0.25) is 4.79 Å². The van der Waals surface area contributed by atoms with Gasteiger partial charge in [0, 0.05) is 22.7 Å². The molecule has 2 rings (SSSR count). The minimum atomic E-state index is -0.977. The molecule has 1 aromatic carbocycles. The fraction of sp³-hybridized carbons (Fsp3) is 0.375. The van der Waals surface area contributed by atoms with Crippen LogP contribution in [0.4, 0.5) is 0 Å². The van der Waals surface area contributed by atoms with Crippen LogP contribution < -0.4 is 5.32 Å². The smallest absolute Gasteiger partial charge is 0.332 e. The van der Waals surface area contributed by atoms with Gasteiger partial charge in [0.15, 0.2) is 0 Å². The fourth-order valence-electron chi connectivity index (χ4n) is 2.51. The standard InChI is InChI=1S/C16H18ClNO3/c17-12-5-3-4-11(10-12)8-9-18-15(19)13-6-1-2-7-14(13)16(20)21/h3-5,10H,1-2,6-9H2,(H,18,19)(H,20,21). The maximum absolute atomic E-state index is 12.1. The topological polar surface area (TPSA) is 66.4 Å². The van der Waals surface area contributed by atoms with Crippen LogP contribution in [0, 0.1) is 0 Å². The summed E-state index contributed by atoms with van der Waals surface area (Å²) < 4.78 is 0. The molecule has 0 spiro atoms. The maximum atomic E-state index is 12.1. The van der Waals surface area contributed by atoms with Crippen LogP contribution in [0.3, 0.4) is 0 Å². The van der Waals surface area contributed by atoms with Gasteiger partial charge >= 0.3 is 5.97 Å². The van der Waals surface area contributed by atoms with Crippen LogP contribution in [-0.4, -0.2) is 23.5 Å². The van der Waals surface area contributed by atoms with E-state index in [1.165, 1.54) is 0 Å². The van der Waals surface area contributed by atoms with Crippen molar-refractivity contribution < 1.29 is 14.7 Å². The lowest BCUT2D eigenvalue weighted by molar-refractivity contribution is -0.133. The zero-order valence-corrected chi connectivity index (χ0v) is 12.4. The van der Waals surface area contributed by atoms with E-state index in [1.807, 2.05) is 18.2 Å². The van der Waals surface area contributed by atoms with Gasteiger partial charge in [-0.05, 0) is 49.8 Å². The minimum Gasteiger partial charge on any atom is -0.478 e. The third-order valence-electron chi connectivity index (χ3n) is 3.59. The molecule has 5 heteroatoms. The molecule has 112 valence electrons. The number of nitrogens with one attached hydrogen (secondary N) is 1. The zero-order valence-electron chi connectivity index (χ0n) is 11.7. The Morgan fingerprint density at radius 2 is 1.90 bits per heavy atom.